The molecule has 2 N–H and O–H groups in total. The van der Waals surface area contributed by atoms with Gasteiger partial charge in [-0.05, 0) is 39.9 Å². The molecule has 2 atom stereocenters. The van der Waals surface area contributed by atoms with E-state index in [0.29, 0.717) is 19.5 Å². The number of thiocarbonyl (C=S) groups is 1. The number of hydrogen-bond donors (Lipinski definition) is 2. The van der Waals surface area contributed by atoms with E-state index in [-0.39, 0.29) is 16.9 Å². The quantitative estimate of drug-likeness (QED) is 0.331. The highest BCUT2D eigenvalue weighted by atomic mass is 32.1. The molecule has 1 aliphatic heterocycles. The van der Waals surface area contributed by atoms with Crippen molar-refractivity contribution in [1.82, 2.24) is 5.32 Å². The predicted molar refractivity (Wildman–Crippen MR) is 73.5 cm³/mol. The average Bonchev–Trinajstić information content (AvgIpc) is 2.45. The fourth-order valence-electron chi connectivity index (χ4n) is 2.71. The molecule has 1 heterocycles. The van der Waals surface area contributed by atoms with Gasteiger partial charge in [0.1, 0.15) is 5.54 Å². The van der Waals surface area contributed by atoms with Gasteiger partial charge in [-0.25, -0.2) is 4.99 Å². The van der Waals surface area contributed by atoms with Gasteiger partial charge in [0.15, 0.2) is 0 Å². The van der Waals surface area contributed by atoms with Crippen LogP contribution in [-0.4, -0.2) is 35.2 Å². The maximum absolute atomic E-state index is 12.2. The number of hydrogen-bond acceptors (Lipinski definition) is 4. The summed E-state index contributed by atoms with van der Waals surface area (Å²) < 4.78 is 0. The average molecular weight is 271 g/mol. The van der Waals surface area contributed by atoms with E-state index in [0.717, 1.165) is 0 Å². The van der Waals surface area contributed by atoms with Crippen molar-refractivity contribution >= 4 is 23.3 Å². The van der Waals surface area contributed by atoms with Crippen LogP contribution in [0.25, 0.3) is 0 Å². The molecule has 0 aliphatic carbocycles. The monoisotopic (exact) mass is 271 g/mol. The molecule has 1 aliphatic rings. The summed E-state index contributed by atoms with van der Waals surface area (Å²) in [6.07, 6.45) is 0.598. The summed E-state index contributed by atoms with van der Waals surface area (Å²) in [5.41, 5.74) is -1.01. The second-order valence-corrected chi connectivity index (χ2v) is 6.14. The first-order chi connectivity index (χ1) is 8.23. The number of amides is 1. The van der Waals surface area contributed by atoms with Crippen LogP contribution < -0.4 is 10.4 Å². The Balaban J connectivity index is 2.66. The van der Waals surface area contributed by atoms with E-state index in [1.807, 2.05) is 27.7 Å². The number of nitrogens with one attached hydrogen (secondary N) is 2. The Labute approximate surface area is 113 Å². The molecule has 0 radical (unpaired) electrons. The Kier molecular flexibility index (Phi) is 4.61. The van der Waals surface area contributed by atoms with Gasteiger partial charge in [0.2, 0.25) is 5.91 Å². The van der Waals surface area contributed by atoms with Crippen LogP contribution in [0.1, 0.15) is 34.1 Å². The zero-order chi connectivity index (χ0) is 14.0. The van der Waals surface area contributed by atoms with Crippen molar-refractivity contribution in [2.75, 3.05) is 13.1 Å². The summed E-state index contributed by atoms with van der Waals surface area (Å²) >= 11 is 4.45. The van der Waals surface area contributed by atoms with Gasteiger partial charge in [-0.3, -0.25) is 4.79 Å². The first kappa shape index (κ1) is 15.2. The van der Waals surface area contributed by atoms with Crippen molar-refractivity contribution in [3.05, 3.63) is 5.21 Å². The summed E-state index contributed by atoms with van der Waals surface area (Å²) in [4.78, 5) is 15.8. The summed E-state index contributed by atoms with van der Waals surface area (Å²) in [5, 5.41) is 17.4. The highest BCUT2D eigenvalue weighted by molar-refractivity contribution is 7.78. The number of aliphatic imine (C=N–C) groups is 1. The molecule has 0 bridgehead atoms. The predicted octanol–water partition coefficient (Wildman–Crippen LogP) is 0.165. The van der Waals surface area contributed by atoms with E-state index in [9.17, 15) is 10.0 Å². The molecule has 1 amide bonds. The van der Waals surface area contributed by atoms with Gasteiger partial charge < -0.3 is 15.6 Å². The third kappa shape index (κ3) is 2.95. The molecular weight excluding hydrogens is 250 g/mol. The largest absolute Gasteiger partial charge is 0.634 e. The van der Waals surface area contributed by atoms with Gasteiger partial charge in [0, 0.05) is 13.0 Å². The first-order valence-corrected chi connectivity index (χ1v) is 6.50. The fraction of sp³-hybridized carbons (Fsp3) is 0.833. The molecule has 0 spiro atoms. The van der Waals surface area contributed by atoms with Crippen molar-refractivity contribution in [2.45, 2.75) is 45.2 Å². The van der Waals surface area contributed by atoms with Crippen molar-refractivity contribution in [1.29, 1.82) is 0 Å². The third-order valence-electron chi connectivity index (χ3n) is 3.69. The Morgan fingerprint density at radius 3 is 2.61 bits per heavy atom. The van der Waals surface area contributed by atoms with Crippen LogP contribution in [-0.2, 0) is 4.79 Å². The fourth-order valence-corrected chi connectivity index (χ4v) is 2.80. The van der Waals surface area contributed by atoms with Gasteiger partial charge >= 0.3 is 0 Å². The Morgan fingerprint density at radius 2 is 2.17 bits per heavy atom. The lowest BCUT2D eigenvalue weighted by molar-refractivity contribution is -0.933. The third-order valence-corrected chi connectivity index (χ3v) is 3.82. The summed E-state index contributed by atoms with van der Waals surface area (Å²) in [6.45, 7) is 8.37. The van der Waals surface area contributed by atoms with Crippen LogP contribution in [0.4, 0.5) is 0 Å². The number of nitrogens with zero attached hydrogens (tertiary/aromatic N) is 1. The zero-order valence-electron chi connectivity index (χ0n) is 11.4. The molecule has 0 aromatic heterocycles. The van der Waals surface area contributed by atoms with Gasteiger partial charge in [0.05, 0.1) is 23.2 Å². The molecule has 1 saturated heterocycles. The lowest BCUT2D eigenvalue weighted by Crippen LogP contribution is -3.19. The highest BCUT2D eigenvalue weighted by Gasteiger charge is 2.54. The highest BCUT2D eigenvalue weighted by Crippen LogP contribution is 2.30. The van der Waals surface area contributed by atoms with Gasteiger partial charge in [0.25, 0.3) is 0 Å². The van der Waals surface area contributed by atoms with Gasteiger partial charge in [-0.2, -0.15) is 0 Å². The smallest absolute Gasteiger partial charge is 0.229 e. The Bertz CT molecular complexity index is 376. The number of quaternary nitrogens is 1. The number of isothiocyanates is 1. The van der Waals surface area contributed by atoms with Crippen molar-refractivity contribution in [3.8, 4) is 0 Å². The standard InChI is InChI=1S/C12H21N3O2S/c1-11(2)7-9(12(3,4)15(11)17)10(16)14-6-5-13-8-18/h9,15H,5-7H2,1-4H3,(H,14,16). The summed E-state index contributed by atoms with van der Waals surface area (Å²) in [5.74, 6) is -0.338. The number of carbonyl (C=O) groups is 1. The van der Waals surface area contributed by atoms with E-state index in [2.05, 4.69) is 27.7 Å². The zero-order valence-corrected chi connectivity index (χ0v) is 12.2. The van der Waals surface area contributed by atoms with E-state index < -0.39 is 11.1 Å². The van der Waals surface area contributed by atoms with E-state index in [1.54, 1.807) is 0 Å². The lowest BCUT2D eigenvalue weighted by atomic mass is 9.86. The van der Waals surface area contributed by atoms with E-state index in [4.69, 9.17) is 0 Å². The maximum Gasteiger partial charge on any atom is 0.229 e. The van der Waals surface area contributed by atoms with Crippen LogP contribution in [0.5, 0.6) is 0 Å². The minimum Gasteiger partial charge on any atom is -0.634 e. The molecule has 1 rings (SSSR count). The molecule has 102 valence electrons. The second kappa shape index (κ2) is 5.45. The van der Waals surface area contributed by atoms with E-state index in [1.165, 1.54) is 0 Å². The van der Waals surface area contributed by atoms with Crippen LogP contribution in [0.3, 0.4) is 0 Å². The molecule has 0 aromatic rings. The maximum atomic E-state index is 12.2. The minimum atomic E-state index is -0.596. The number of hydroxylamine groups is 2. The van der Waals surface area contributed by atoms with Crippen molar-refractivity contribution in [3.63, 3.8) is 0 Å². The number of rotatable bonds is 4. The van der Waals surface area contributed by atoms with Crippen LogP contribution in [0.2, 0.25) is 0 Å². The van der Waals surface area contributed by atoms with Crippen molar-refractivity contribution < 1.29 is 9.86 Å². The second-order valence-electron chi connectivity index (χ2n) is 5.96. The summed E-state index contributed by atoms with van der Waals surface area (Å²) in [7, 11) is 0. The molecule has 0 aromatic carbocycles. The van der Waals surface area contributed by atoms with Crippen LogP contribution >= 0.6 is 12.2 Å². The topological polar surface area (TPSA) is 69.0 Å². The normalized spacial score (nSPS) is 28.5. The van der Waals surface area contributed by atoms with Crippen LogP contribution in [0.15, 0.2) is 4.99 Å². The Hall–Kier alpha value is -0.810. The first-order valence-electron chi connectivity index (χ1n) is 6.09. The molecular formula is C12H21N3O2S. The molecule has 0 saturated carbocycles. The van der Waals surface area contributed by atoms with Gasteiger partial charge in [-0.1, -0.05) is 0 Å². The van der Waals surface area contributed by atoms with Gasteiger partial charge in [-0.15, -0.1) is 0 Å². The molecule has 18 heavy (non-hydrogen) atoms. The molecule has 1 fully saturated rings. The van der Waals surface area contributed by atoms with E-state index >= 15 is 0 Å². The molecule has 5 nitrogen and oxygen atoms in total. The van der Waals surface area contributed by atoms with Crippen molar-refractivity contribution in [2.24, 2.45) is 10.9 Å². The molecule has 6 heteroatoms. The van der Waals surface area contributed by atoms with Crippen LogP contribution in [0, 0.1) is 11.1 Å². The number of carbonyl (C=O) groups excluding carboxylic acids is 1. The molecule has 2 unspecified atom stereocenters. The summed E-state index contributed by atoms with van der Waals surface area (Å²) in [6, 6.07) is 0. The minimum absolute atomic E-state index is 0.0708. The Morgan fingerprint density at radius 1 is 1.56 bits per heavy atom. The lowest BCUT2D eigenvalue weighted by Gasteiger charge is -2.41. The SMILES string of the molecule is CC1(C)CC(C(=O)NCCN=C=S)C(C)(C)[NH+]1[O-].